The molecule has 5 heteroatoms. The highest BCUT2D eigenvalue weighted by molar-refractivity contribution is 14.1. The maximum Gasteiger partial charge on any atom is 0.226 e. The van der Waals surface area contributed by atoms with Crippen LogP contribution in [0.2, 0.25) is 0 Å². The fourth-order valence-electron chi connectivity index (χ4n) is 1.76. The zero-order valence-corrected chi connectivity index (χ0v) is 11.2. The number of amides is 1. The Morgan fingerprint density at radius 1 is 1.38 bits per heavy atom. The van der Waals surface area contributed by atoms with Gasteiger partial charge in [-0.15, -0.1) is 0 Å². The number of rotatable bonds is 0. The normalized spacial score (nSPS) is 18.1. The molecule has 0 aliphatic carbocycles. The molecule has 0 bridgehead atoms. The fourth-order valence-corrected chi connectivity index (χ4v) is 2.23. The molecule has 1 amide bonds. The first-order valence-electron chi connectivity index (χ1n) is 4.94. The van der Waals surface area contributed by atoms with Gasteiger partial charge in [-0.05, 0) is 42.5 Å². The summed E-state index contributed by atoms with van der Waals surface area (Å²) >= 11 is 1.90. The van der Waals surface area contributed by atoms with Crippen molar-refractivity contribution in [2.24, 2.45) is 0 Å². The predicted octanol–water partition coefficient (Wildman–Crippen LogP) is 2.96. The molecule has 0 saturated carbocycles. The lowest BCUT2D eigenvalue weighted by Crippen LogP contribution is -2.32. The molecule has 2 N–H and O–H groups in total. The highest BCUT2D eigenvalue weighted by Gasteiger charge is 2.27. The number of nitrogens with one attached hydrogen (secondary N) is 2. The third-order valence-corrected chi connectivity index (χ3v) is 3.24. The van der Waals surface area contributed by atoms with Gasteiger partial charge in [0.05, 0.1) is 14.9 Å². The van der Waals surface area contributed by atoms with E-state index in [2.05, 4.69) is 10.6 Å². The molecule has 0 fully saturated rings. The molecule has 0 atom stereocenters. The number of fused-ring (bicyclic) bond motifs is 1. The van der Waals surface area contributed by atoms with E-state index in [-0.39, 0.29) is 17.3 Å². The first-order chi connectivity index (χ1) is 7.37. The second-order valence-electron chi connectivity index (χ2n) is 4.55. The van der Waals surface area contributed by atoms with Crippen molar-refractivity contribution in [3.63, 3.8) is 0 Å². The van der Waals surface area contributed by atoms with Crippen LogP contribution >= 0.6 is 22.6 Å². The quantitative estimate of drug-likeness (QED) is 0.717. The van der Waals surface area contributed by atoms with Crippen LogP contribution in [0.25, 0.3) is 0 Å². The van der Waals surface area contributed by atoms with Gasteiger partial charge in [-0.2, -0.15) is 0 Å². The molecule has 1 heterocycles. The zero-order valence-electron chi connectivity index (χ0n) is 9.03. The second kappa shape index (κ2) is 3.87. The number of hydrogen-bond acceptors (Lipinski definition) is 2. The van der Waals surface area contributed by atoms with Gasteiger partial charge < -0.3 is 10.6 Å². The van der Waals surface area contributed by atoms with Crippen molar-refractivity contribution in [3.05, 3.63) is 21.5 Å². The van der Waals surface area contributed by atoms with Gasteiger partial charge in [-0.25, -0.2) is 4.39 Å². The largest absolute Gasteiger partial charge is 0.378 e. The Morgan fingerprint density at radius 3 is 2.75 bits per heavy atom. The van der Waals surface area contributed by atoms with Crippen molar-refractivity contribution in [1.82, 2.24) is 0 Å². The van der Waals surface area contributed by atoms with E-state index in [0.29, 0.717) is 21.4 Å². The molecule has 0 aromatic heterocycles. The molecule has 0 radical (unpaired) electrons. The molecule has 1 aliphatic heterocycles. The van der Waals surface area contributed by atoms with Crippen LogP contribution in [-0.4, -0.2) is 11.4 Å². The molecule has 1 aromatic carbocycles. The van der Waals surface area contributed by atoms with E-state index in [0.717, 1.165) is 0 Å². The minimum atomic E-state index is -0.367. The number of halogens is 2. The summed E-state index contributed by atoms with van der Waals surface area (Å²) in [6.45, 7) is 3.83. The zero-order chi connectivity index (χ0) is 11.9. The SMILES string of the molecule is CC1(C)CC(=O)Nc2cc(I)c(F)cc2N1. The van der Waals surface area contributed by atoms with Gasteiger partial charge in [0.15, 0.2) is 0 Å². The number of carbonyl (C=O) groups excluding carboxylic acids is 1. The van der Waals surface area contributed by atoms with E-state index in [9.17, 15) is 9.18 Å². The van der Waals surface area contributed by atoms with Gasteiger partial charge in [0, 0.05) is 18.0 Å². The predicted molar refractivity (Wildman–Crippen MR) is 70.1 cm³/mol. The van der Waals surface area contributed by atoms with Gasteiger partial charge in [0.25, 0.3) is 0 Å². The highest BCUT2D eigenvalue weighted by Crippen LogP contribution is 2.32. The van der Waals surface area contributed by atoms with Crippen LogP contribution in [0.5, 0.6) is 0 Å². The summed E-state index contributed by atoms with van der Waals surface area (Å²) in [5.74, 6) is -0.336. The van der Waals surface area contributed by atoms with E-state index in [1.54, 1.807) is 6.07 Å². The Kier molecular flexibility index (Phi) is 2.81. The summed E-state index contributed by atoms with van der Waals surface area (Å²) in [5.41, 5.74) is 0.907. The Balaban J connectivity index is 2.50. The Labute approximate surface area is 107 Å². The lowest BCUT2D eigenvalue weighted by Gasteiger charge is -2.24. The van der Waals surface area contributed by atoms with Crippen molar-refractivity contribution in [3.8, 4) is 0 Å². The van der Waals surface area contributed by atoms with Gasteiger partial charge in [0.1, 0.15) is 5.82 Å². The van der Waals surface area contributed by atoms with Crippen molar-refractivity contribution in [2.75, 3.05) is 10.6 Å². The van der Waals surface area contributed by atoms with Gasteiger partial charge in [0.2, 0.25) is 5.91 Å². The first-order valence-corrected chi connectivity index (χ1v) is 6.02. The standard InChI is InChI=1S/C11H12FIN2O/c1-11(2)5-10(16)14-8-4-7(13)6(12)3-9(8)15-11/h3-4,15H,5H2,1-2H3,(H,14,16). The summed E-state index contributed by atoms with van der Waals surface area (Å²) in [6, 6.07) is 3.06. The lowest BCUT2D eigenvalue weighted by molar-refractivity contribution is -0.116. The molecule has 0 unspecified atom stereocenters. The molecule has 16 heavy (non-hydrogen) atoms. The summed E-state index contributed by atoms with van der Waals surface area (Å²) in [7, 11) is 0. The van der Waals surface area contributed by atoms with Crippen LogP contribution < -0.4 is 10.6 Å². The smallest absolute Gasteiger partial charge is 0.226 e. The van der Waals surface area contributed by atoms with E-state index in [1.165, 1.54) is 6.07 Å². The molecule has 86 valence electrons. The average Bonchev–Trinajstić information content (AvgIpc) is 2.21. The number of benzene rings is 1. The Bertz CT molecular complexity index is 460. The Morgan fingerprint density at radius 2 is 2.06 bits per heavy atom. The van der Waals surface area contributed by atoms with E-state index >= 15 is 0 Å². The van der Waals surface area contributed by atoms with Crippen LogP contribution in [0, 0.1) is 9.39 Å². The maximum absolute atomic E-state index is 13.4. The van der Waals surface area contributed by atoms with E-state index in [1.807, 2.05) is 36.4 Å². The summed E-state index contributed by atoms with van der Waals surface area (Å²) in [5, 5.41) is 5.94. The van der Waals surface area contributed by atoms with Crippen LogP contribution in [0.4, 0.5) is 15.8 Å². The van der Waals surface area contributed by atoms with Crippen molar-refractivity contribution < 1.29 is 9.18 Å². The number of anilines is 2. The molecule has 0 spiro atoms. The van der Waals surface area contributed by atoms with Crippen LogP contribution in [-0.2, 0) is 4.79 Å². The minimum Gasteiger partial charge on any atom is -0.378 e. The third kappa shape index (κ3) is 2.28. The van der Waals surface area contributed by atoms with Crippen molar-refractivity contribution in [2.45, 2.75) is 25.8 Å². The molecule has 0 saturated heterocycles. The van der Waals surface area contributed by atoms with Gasteiger partial charge >= 0.3 is 0 Å². The molecule has 3 nitrogen and oxygen atoms in total. The Hall–Kier alpha value is -0.850. The monoisotopic (exact) mass is 334 g/mol. The summed E-state index contributed by atoms with van der Waals surface area (Å²) in [4.78, 5) is 11.6. The van der Waals surface area contributed by atoms with Crippen LogP contribution in [0.1, 0.15) is 20.3 Å². The van der Waals surface area contributed by atoms with Crippen molar-refractivity contribution >= 4 is 39.9 Å². The molecular formula is C11H12FIN2O. The molecule has 2 rings (SSSR count). The second-order valence-corrected chi connectivity index (χ2v) is 5.71. The minimum absolute atomic E-state index is 0.0568. The lowest BCUT2D eigenvalue weighted by atomic mass is 10.0. The van der Waals surface area contributed by atoms with E-state index in [4.69, 9.17) is 0 Å². The van der Waals surface area contributed by atoms with E-state index < -0.39 is 0 Å². The molecular weight excluding hydrogens is 322 g/mol. The highest BCUT2D eigenvalue weighted by atomic mass is 127. The third-order valence-electron chi connectivity index (χ3n) is 2.41. The number of hydrogen-bond donors (Lipinski definition) is 2. The topological polar surface area (TPSA) is 41.1 Å². The van der Waals surface area contributed by atoms with Crippen LogP contribution in [0.15, 0.2) is 12.1 Å². The van der Waals surface area contributed by atoms with Crippen molar-refractivity contribution in [1.29, 1.82) is 0 Å². The van der Waals surface area contributed by atoms with Gasteiger partial charge in [-0.3, -0.25) is 4.79 Å². The fraction of sp³-hybridized carbons (Fsp3) is 0.364. The molecule has 1 aliphatic rings. The number of carbonyl (C=O) groups is 1. The van der Waals surface area contributed by atoms with Gasteiger partial charge in [-0.1, -0.05) is 0 Å². The summed E-state index contributed by atoms with van der Waals surface area (Å²) < 4.78 is 13.9. The maximum atomic E-state index is 13.4. The first kappa shape index (κ1) is 11.6. The van der Waals surface area contributed by atoms with Crippen LogP contribution in [0.3, 0.4) is 0 Å². The average molecular weight is 334 g/mol. The molecule has 1 aromatic rings. The summed E-state index contributed by atoms with van der Waals surface area (Å²) in [6.07, 6.45) is 0.361.